The number of ether oxygens (including phenoxy) is 2. The summed E-state index contributed by atoms with van der Waals surface area (Å²) in [6, 6.07) is 4.96. The van der Waals surface area contributed by atoms with Crippen molar-refractivity contribution in [3.8, 4) is 5.75 Å². The van der Waals surface area contributed by atoms with Crippen molar-refractivity contribution in [3.63, 3.8) is 0 Å². The fourth-order valence-electron chi connectivity index (χ4n) is 2.59. The van der Waals surface area contributed by atoms with Crippen molar-refractivity contribution in [2.45, 2.75) is 25.1 Å². The molecule has 6 heteroatoms. The minimum atomic E-state index is -0.327. The number of nitrogens with one attached hydrogen (secondary N) is 2. The van der Waals surface area contributed by atoms with Gasteiger partial charge in [0.1, 0.15) is 18.4 Å². The molecule has 1 unspecified atom stereocenters. The lowest BCUT2D eigenvalue weighted by Crippen LogP contribution is -2.56. The topological polar surface area (TPSA) is 59.6 Å². The molecule has 1 fully saturated rings. The first-order valence-electron chi connectivity index (χ1n) is 6.73. The second kappa shape index (κ2) is 5.60. The highest BCUT2D eigenvalue weighted by molar-refractivity contribution is 6.30. The van der Waals surface area contributed by atoms with Crippen LogP contribution in [0, 0.1) is 0 Å². The van der Waals surface area contributed by atoms with Gasteiger partial charge in [-0.1, -0.05) is 11.6 Å². The van der Waals surface area contributed by atoms with Crippen LogP contribution in [-0.2, 0) is 9.53 Å². The fourth-order valence-corrected chi connectivity index (χ4v) is 2.77. The molecule has 1 saturated heterocycles. The number of halogens is 1. The Balaban J connectivity index is 1.70. The molecule has 2 aliphatic rings. The lowest BCUT2D eigenvalue weighted by Gasteiger charge is -2.30. The van der Waals surface area contributed by atoms with E-state index in [2.05, 4.69) is 10.6 Å². The minimum absolute atomic E-state index is 0.0707. The molecule has 2 heterocycles. The summed E-state index contributed by atoms with van der Waals surface area (Å²) in [4.78, 5) is 12.3. The summed E-state index contributed by atoms with van der Waals surface area (Å²) in [5.74, 6) is 0.708. The van der Waals surface area contributed by atoms with Gasteiger partial charge in [0.05, 0.1) is 18.8 Å². The first kappa shape index (κ1) is 13.7. The van der Waals surface area contributed by atoms with E-state index in [1.807, 2.05) is 19.1 Å². The molecule has 0 aromatic heterocycles. The van der Waals surface area contributed by atoms with Crippen molar-refractivity contribution in [3.05, 3.63) is 28.8 Å². The van der Waals surface area contributed by atoms with Crippen LogP contribution in [0.1, 0.15) is 18.5 Å². The van der Waals surface area contributed by atoms with E-state index in [4.69, 9.17) is 21.1 Å². The van der Waals surface area contributed by atoms with E-state index in [9.17, 15) is 4.79 Å². The number of amides is 1. The molecule has 1 amide bonds. The summed E-state index contributed by atoms with van der Waals surface area (Å²) in [6.45, 7) is 3.65. The maximum absolute atomic E-state index is 12.3. The van der Waals surface area contributed by atoms with Crippen LogP contribution in [0.25, 0.3) is 0 Å². The maximum Gasteiger partial charge on any atom is 0.240 e. The molecule has 108 valence electrons. The predicted octanol–water partition coefficient (Wildman–Crippen LogP) is 1.27. The Hall–Kier alpha value is -1.30. The van der Waals surface area contributed by atoms with Gasteiger partial charge in [0.25, 0.3) is 0 Å². The second-order valence-corrected chi connectivity index (χ2v) is 5.50. The largest absolute Gasteiger partial charge is 0.491 e. The summed E-state index contributed by atoms with van der Waals surface area (Å²) in [7, 11) is 0. The zero-order valence-corrected chi connectivity index (χ0v) is 11.9. The number of rotatable bonds is 2. The summed E-state index contributed by atoms with van der Waals surface area (Å²) in [5, 5.41) is 6.81. The van der Waals surface area contributed by atoms with Gasteiger partial charge in [0.15, 0.2) is 0 Å². The molecule has 2 N–H and O–H groups in total. The Morgan fingerprint density at radius 2 is 2.35 bits per heavy atom. The number of hydrogen-bond acceptors (Lipinski definition) is 4. The third-order valence-corrected chi connectivity index (χ3v) is 3.90. The zero-order chi connectivity index (χ0) is 14.1. The van der Waals surface area contributed by atoms with E-state index in [1.165, 1.54) is 0 Å². The molecular weight excluding hydrogens is 280 g/mol. The standard InChI is InChI=1S/C14H17ClN2O3/c1-8-13(16-4-5-19-8)14(18)17-11-7-20-12-3-2-9(15)6-10(11)12/h2-3,6,8,11,13,16H,4-5,7H2,1H3,(H,17,18)/t8-,11?,13+/m1/s1. The quantitative estimate of drug-likeness (QED) is 0.863. The van der Waals surface area contributed by atoms with Crippen molar-refractivity contribution in [2.24, 2.45) is 0 Å². The van der Waals surface area contributed by atoms with Gasteiger partial charge in [-0.15, -0.1) is 0 Å². The molecule has 5 nitrogen and oxygen atoms in total. The van der Waals surface area contributed by atoms with Crippen LogP contribution in [0.2, 0.25) is 5.02 Å². The van der Waals surface area contributed by atoms with Crippen molar-refractivity contribution in [1.82, 2.24) is 10.6 Å². The minimum Gasteiger partial charge on any atom is -0.491 e. The number of carbonyl (C=O) groups excluding carboxylic acids is 1. The fraction of sp³-hybridized carbons (Fsp3) is 0.500. The van der Waals surface area contributed by atoms with Crippen LogP contribution in [0.15, 0.2) is 18.2 Å². The highest BCUT2D eigenvalue weighted by atomic mass is 35.5. The Labute approximate surface area is 122 Å². The monoisotopic (exact) mass is 296 g/mol. The van der Waals surface area contributed by atoms with E-state index >= 15 is 0 Å². The van der Waals surface area contributed by atoms with E-state index in [-0.39, 0.29) is 24.1 Å². The molecule has 0 saturated carbocycles. The molecule has 0 bridgehead atoms. The first-order valence-corrected chi connectivity index (χ1v) is 7.10. The summed E-state index contributed by atoms with van der Waals surface area (Å²) in [5.41, 5.74) is 0.926. The molecule has 0 radical (unpaired) electrons. The summed E-state index contributed by atoms with van der Waals surface area (Å²) < 4.78 is 11.0. The lowest BCUT2D eigenvalue weighted by molar-refractivity contribution is -0.129. The van der Waals surface area contributed by atoms with Gasteiger partial charge >= 0.3 is 0 Å². The highest BCUT2D eigenvalue weighted by Crippen LogP contribution is 2.34. The molecule has 3 rings (SSSR count). The van der Waals surface area contributed by atoms with Crippen molar-refractivity contribution in [2.75, 3.05) is 19.8 Å². The average molecular weight is 297 g/mol. The lowest BCUT2D eigenvalue weighted by atomic mass is 10.1. The molecule has 0 aliphatic carbocycles. The van der Waals surface area contributed by atoms with Gasteiger partial charge in [0, 0.05) is 17.1 Å². The van der Waals surface area contributed by atoms with Crippen LogP contribution in [-0.4, -0.2) is 37.8 Å². The summed E-state index contributed by atoms with van der Waals surface area (Å²) in [6.07, 6.45) is -0.134. The van der Waals surface area contributed by atoms with E-state index in [0.29, 0.717) is 24.8 Å². The molecule has 3 atom stereocenters. The molecular formula is C14H17ClN2O3. The molecule has 1 aromatic carbocycles. The molecule has 0 spiro atoms. The maximum atomic E-state index is 12.3. The smallest absolute Gasteiger partial charge is 0.240 e. The van der Waals surface area contributed by atoms with Crippen LogP contribution in [0.5, 0.6) is 5.75 Å². The number of carbonyl (C=O) groups is 1. The highest BCUT2D eigenvalue weighted by Gasteiger charge is 2.32. The SMILES string of the molecule is C[C@H]1OCCN[C@@H]1C(=O)NC1COc2ccc(Cl)cc21. The van der Waals surface area contributed by atoms with Gasteiger partial charge in [-0.3, -0.25) is 4.79 Å². The van der Waals surface area contributed by atoms with Gasteiger partial charge in [0.2, 0.25) is 5.91 Å². The third kappa shape index (κ3) is 2.61. The number of fused-ring (bicyclic) bond motifs is 1. The van der Waals surface area contributed by atoms with Gasteiger partial charge in [-0.2, -0.15) is 0 Å². The van der Waals surface area contributed by atoms with Crippen molar-refractivity contribution < 1.29 is 14.3 Å². The van der Waals surface area contributed by atoms with E-state index < -0.39 is 0 Å². The van der Waals surface area contributed by atoms with Gasteiger partial charge in [-0.05, 0) is 25.1 Å². The van der Waals surface area contributed by atoms with Crippen LogP contribution >= 0.6 is 11.6 Å². The van der Waals surface area contributed by atoms with Crippen LogP contribution in [0.4, 0.5) is 0 Å². The molecule has 2 aliphatic heterocycles. The van der Waals surface area contributed by atoms with Gasteiger partial charge < -0.3 is 20.1 Å². The summed E-state index contributed by atoms with van der Waals surface area (Å²) >= 11 is 6.00. The zero-order valence-electron chi connectivity index (χ0n) is 11.2. The van der Waals surface area contributed by atoms with E-state index in [0.717, 1.165) is 11.3 Å². The predicted molar refractivity (Wildman–Crippen MR) is 75.0 cm³/mol. The van der Waals surface area contributed by atoms with Crippen molar-refractivity contribution in [1.29, 1.82) is 0 Å². The van der Waals surface area contributed by atoms with Gasteiger partial charge in [-0.25, -0.2) is 0 Å². The van der Waals surface area contributed by atoms with Crippen molar-refractivity contribution >= 4 is 17.5 Å². The number of morpholine rings is 1. The Morgan fingerprint density at radius 1 is 1.50 bits per heavy atom. The normalized spacial score (nSPS) is 28.6. The average Bonchev–Trinajstić information content (AvgIpc) is 2.82. The molecule has 20 heavy (non-hydrogen) atoms. The number of hydrogen-bond donors (Lipinski definition) is 2. The third-order valence-electron chi connectivity index (χ3n) is 3.67. The van der Waals surface area contributed by atoms with Crippen LogP contribution in [0.3, 0.4) is 0 Å². The Kier molecular flexibility index (Phi) is 3.83. The Morgan fingerprint density at radius 3 is 3.15 bits per heavy atom. The first-order chi connectivity index (χ1) is 9.65. The number of benzene rings is 1. The van der Waals surface area contributed by atoms with E-state index in [1.54, 1.807) is 6.07 Å². The van der Waals surface area contributed by atoms with Crippen LogP contribution < -0.4 is 15.4 Å². The molecule has 1 aromatic rings. The second-order valence-electron chi connectivity index (χ2n) is 5.06. The Bertz CT molecular complexity index is 523.